The van der Waals surface area contributed by atoms with Gasteiger partial charge in [-0.05, 0) is 31.4 Å². The summed E-state index contributed by atoms with van der Waals surface area (Å²) in [5.74, 6) is 0. The van der Waals surface area contributed by atoms with Crippen LogP contribution in [0.15, 0.2) is 12.3 Å². The Kier molecular flexibility index (Phi) is 3.21. The zero-order valence-corrected chi connectivity index (χ0v) is 7.48. The summed E-state index contributed by atoms with van der Waals surface area (Å²) < 4.78 is 0. The standard InChI is InChI=1S/C10H17N/c1-3-4-5-6-10-9(2)7-8-11-10/h7-8,11H,3-6H2,1-2H3. The molecule has 1 N–H and O–H groups in total. The molecular formula is C10H17N. The van der Waals surface area contributed by atoms with Crippen LogP contribution in [0.5, 0.6) is 0 Å². The number of nitrogens with one attached hydrogen (secondary N) is 1. The SMILES string of the molecule is CCCCCc1[nH]ccc1C. The lowest BCUT2D eigenvalue weighted by Gasteiger charge is -1.98. The number of aryl methyl sites for hydroxylation is 2. The van der Waals surface area contributed by atoms with Gasteiger partial charge in [0.2, 0.25) is 0 Å². The Morgan fingerprint density at radius 1 is 1.36 bits per heavy atom. The first-order valence-corrected chi connectivity index (χ1v) is 4.47. The second kappa shape index (κ2) is 4.22. The van der Waals surface area contributed by atoms with E-state index in [0.717, 1.165) is 0 Å². The van der Waals surface area contributed by atoms with E-state index in [1.165, 1.54) is 36.9 Å². The van der Waals surface area contributed by atoms with Gasteiger partial charge in [-0.2, -0.15) is 0 Å². The summed E-state index contributed by atoms with van der Waals surface area (Å²) in [5, 5.41) is 0. The van der Waals surface area contributed by atoms with Gasteiger partial charge >= 0.3 is 0 Å². The van der Waals surface area contributed by atoms with Gasteiger partial charge < -0.3 is 4.98 Å². The van der Waals surface area contributed by atoms with Crippen LogP contribution in [-0.2, 0) is 6.42 Å². The summed E-state index contributed by atoms with van der Waals surface area (Å²) in [6.07, 6.45) is 7.21. The lowest BCUT2D eigenvalue weighted by Crippen LogP contribution is -1.87. The Labute approximate surface area is 68.8 Å². The normalized spacial score (nSPS) is 10.4. The number of H-pyrrole nitrogens is 1. The van der Waals surface area contributed by atoms with Crippen LogP contribution >= 0.6 is 0 Å². The van der Waals surface area contributed by atoms with E-state index in [9.17, 15) is 0 Å². The molecule has 0 radical (unpaired) electrons. The van der Waals surface area contributed by atoms with Crippen molar-refractivity contribution < 1.29 is 0 Å². The molecule has 0 aliphatic carbocycles. The Bertz CT molecular complexity index is 200. The summed E-state index contributed by atoms with van der Waals surface area (Å²) in [6.45, 7) is 4.40. The zero-order valence-electron chi connectivity index (χ0n) is 7.48. The van der Waals surface area contributed by atoms with Gasteiger partial charge in [0.05, 0.1) is 0 Å². The molecule has 0 unspecified atom stereocenters. The molecule has 0 amide bonds. The minimum absolute atomic E-state index is 1.21. The summed E-state index contributed by atoms with van der Waals surface area (Å²) in [4.78, 5) is 3.26. The molecule has 0 aliphatic rings. The van der Waals surface area contributed by atoms with Crippen molar-refractivity contribution in [3.63, 3.8) is 0 Å². The second-order valence-corrected chi connectivity index (χ2v) is 3.10. The minimum atomic E-state index is 1.21. The Balaban J connectivity index is 2.32. The van der Waals surface area contributed by atoms with Crippen LogP contribution in [0.4, 0.5) is 0 Å². The lowest BCUT2D eigenvalue weighted by molar-refractivity contribution is 0.707. The molecule has 0 saturated carbocycles. The summed E-state index contributed by atoms with van der Waals surface area (Å²) >= 11 is 0. The van der Waals surface area contributed by atoms with Crippen molar-refractivity contribution >= 4 is 0 Å². The average Bonchev–Trinajstić information content (AvgIpc) is 2.37. The number of aromatic amines is 1. The number of rotatable bonds is 4. The van der Waals surface area contributed by atoms with Gasteiger partial charge in [-0.15, -0.1) is 0 Å². The second-order valence-electron chi connectivity index (χ2n) is 3.10. The topological polar surface area (TPSA) is 15.8 Å². The molecule has 1 heterocycles. The van der Waals surface area contributed by atoms with Crippen molar-refractivity contribution in [1.29, 1.82) is 0 Å². The maximum absolute atomic E-state index is 3.26. The molecule has 0 saturated heterocycles. The number of hydrogen-bond acceptors (Lipinski definition) is 0. The van der Waals surface area contributed by atoms with E-state index < -0.39 is 0 Å². The fourth-order valence-corrected chi connectivity index (χ4v) is 1.30. The van der Waals surface area contributed by atoms with E-state index >= 15 is 0 Å². The van der Waals surface area contributed by atoms with Crippen molar-refractivity contribution in [3.05, 3.63) is 23.5 Å². The highest BCUT2D eigenvalue weighted by atomic mass is 14.7. The van der Waals surface area contributed by atoms with Gasteiger partial charge in [0.1, 0.15) is 0 Å². The van der Waals surface area contributed by atoms with Crippen LogP contribution in [-0.4, -0.2) is 4.98 Å². The molecule has 0 aliphatic heterocycles. The summed E-state index contributed by atoms with van der Waals surface area (Å²) in [6, 6.07) is 2.14. The predicted octanol–water partition coefficient (Wildman–Crippen LogP) is 3.06. The molecule has 1 aromatic heterocycles. The third-order valence-corrected chi connectivity index (χ3v) is 2.10. The zero-order chi connectivity index (χ0) is 8.10. The van der Waals surface area contributed by atoms with E-state index in [1.54, 1.807) is 0 Å². The molecule has 1 nitrogen and oxygen atoms in total. The Hall–Kier alpha value is -0.720. The Morgan fingerprint density at radius 2 is 2.18 bits per heavy atom. The van der Waals surface area contributed by atoms with Gasteiger partial charge in [0, 0.05) is 11.9 Å². The van der Waals surface area contributed by atoms with Crippen LogP contribution < -0.4 is 0 Å². The van der Waals surface area contributed by atoms with Crippen LogP contribution in [0.3, 0.4) is 0 Å². The quantitative estimate of drug-likeness (QED) is 0.636. The molecule has 62 valence electrons. The fraction of sp³-hybridized carbons (Fsp3) is 0.600. The van der Waals surface area contributed by atoms with Gasteiger partial charge in [-0.3, -0.25) is 0 Å². The molecule has 0 fully saturated rings. The van der Waals surface area contributed by atoms with E-state index in [-0.39, 0.29) is 0 Å². The van der Waals surface area contributed by atoms with Gasteiger partial charge in [-0.25, -0.2) is 0 Å². The fourth-order valence-electron chi connectivity index (χ4n) is 1.30. The number of unbranched alkanes of at least 4 members (excludes halogenated alkanes) is 2. The van der Waals surface area contributed by atoms with Crippen molar-refractivity contribution in [3.8, 4) is 0 Å². The number of hydrogen-bond donors (Lipinski definition) is 1. The first-order valence-electron chi connectivity index (χ1n) is 4.47. The van der Waals surface area contributed by atoms with Crippen LogP contribution in [0.2, 0.25) is 0 Å². The van der Waals surface area contributed by atoms with E-state index in [2.05, 4.69) is 24.9 Å². The van der Waals surface area contributed by atoms with Crippen molar-refractivity contribution in [2.45, 2.75) is 39.5 Å². The molecule has 1 heteroatoms. The van der Waals surface area contributed by atoms with Gasteiger partial charge in [0.15, 0.2) is 0 Å². The molecular weight excluding hydrogens is 134 g/mol. The van der Waals surface area contributed by atoms with Crippen molar-refractivity contribution in [1.82, 2.24) is 4.98 Å². The molecule has 1 rings (SSSR count). The largest absolute Gasteiger partial charge is 0.365 e. The van der Waals surface area contributed by atoms with E-state index in [4.69, 9.17) is 0 Å². The maximum Gasteiger partial charge on any atom is 0.0176 e. The molecule has 0 aromatic carbocycles. The first-order chi connectivity index (χ1) is 5.34. The third kappa shape index (κ3) is 2.41. The van der Waals surface area contributed by atoms with Crippen LogP contribution in [0.1, 0.15) is 37.4 Å². The van der Waals surface area contributed by atoms with Gasteiger partial charge in [-0.1, -0.05) is 19.8 Å². The smallest absolute Gasteiger partial charge is 0.0176 e. The van der Waals surface area contributed by atoms with E-state index in [1.807, 2.05) is 6.20 Å². The van der Waals surface area contributed by atoms with E-state index in [0.29, 0.717) is 0 Å². The third-order valence-electron chi connectivity index (χ3n) is 2.10. The van der Waals surface area contributed by atoms with Crippen LogP contribution in [0, 0.1) is 6.92 Å². The summed E-state index contributed by atoms with van der Waals surface area (Å²) in [5.41, 5.74) is 2.82. The molecule has 0 spiro atoms. The lowest BCUT2D eigenvalue weighted by atomic mass is 10.1. The monoisotopic (exact) mass is 151 g/mol. The highest BCUT2D eigenvalue weighted by molar-refractivity contribution is 5.18. The minimum Gasteiger partial charge on any atom is -0.365 e. The van der Waals surface area contributed by atoms with Crippen molar-refractivity contribution in [2.75, 3.05) is 0 Å². The first kappa shape index (κ1) is 8.38. The highest BCUT2D eigenvalue weighted by Gasteiger charge is 1.96. The average molecular weight is 151 g/mol. The predicted molar refractivity (Wildman–Crippen MR) is 48.8 cm³/mol. The molecule has 0 bridgehead atoms. The Morgan fingerprint density at radius 3 is 2.73 bits per heavy atom. The molecule has 11 heavy (non-hydrogen) atoms. The highest BCUT2D eigenvalue weighted by Crippen LogP contribution is 2.08. The van der Waals surface area contributed by atoms with Crippen LogP contribution in [0.25, 0.3) is 0 Å². The maximum atomic E-state index is 3.26. The number of aromatic nitrogens is 1. The molecule has 1 aromatic rings. The summed E-state index contributed by atoms with van der Waals surface area (Å²) in [7, 11) is 0. The van der Waals surface area contributed by atoms with Crippen molar-refractivity contribution in [2.24, 2.45) is 0 Å². The van der Waals surface area contributed by atoms with Gasteiger partial charge in [0.25, 0.3) is 0 Å². The molecule has 0 atom stereocenters.